The molecule has 1 aliphatic heterocycles. The number of hydrogen-bond donors (Lipinski definition) is 2. The Morgan fingerprint density at radius 3 is 2.60 bits per heavy atom. The number of carboxylic acid groups (broad SMARTS) is 1. The molecule has 4 nitrogen and oxygen atoms in total. The van der Waals surface area contributed by atoms with Crippen molar-refractivity contribution >= 4 is 5.97 Å². The maximum atomic E-state index is 11.9. The lowest BCUT2D eigenvalue weighted by molar-refractivity contribution is -0.147. The van der Waals surface area contributed by atoms with Crippen LogP contribution in [0.25, 0.3) is 0 Å². The number of phenols is 1. The predicted molar refractivity (Wildman–Crippen MR) is 95.2 cm³/mol. The van der Waals surface area contributed by atoms with E-state index in [0.29, 0.717) is 30.1 Å². The van der Waals surface area contributed by atoms with Crippen LogP contribution in [0, 0.1) is 5.92 Å². The quantitative estimate of drug-likeness (QED) is 0.776. The Bertz CT molecular complexity index is 770. The molecular weight excluding hydrogens is 316 g/mol. The van der Waals surface area contributed by atoms with Gasteiger partial charge >= 0.3 is 5.97 Å². The van der Waals surface area contributed by atoms with Crippen molar-refractivity contribution in [3.63, 3.8) is 0 Å². The van der Waals surface area contributed by atoms with Gasteiger partial charge in [-0.25, -0.2) is 0 Å². The first-order chi connectivity index (χ1) is 11.7. The van der Waals surface area contributed by atoms with Gasteiger partial charge < -0.3 is 14.9 Å². The van der Waals surface area contributed by atoms with Gasteiger partial charge in [-0.05, 0) is 64.2 Å². The SMILES string of the molecule is CC1=CCC2[C@@H](C1)c1c(O)cc(C3(C(=O)O)CCC3)cc1OC2(C)C. The van der Waals surface area contributed by atoms with Crippen molar-refractivity contribution < 1.29 is 19.7 Å². The average Bonchev–Trinajstić information content (AvgIpc) is 2.43. The molecule has 0 spiro atoms. The number of aromatic hydroxyl groups is 1. The van der Waals surface area contributed by atoms with E-state index in [9.17, 15) is 15.0 Å². The van der Waals surface area contributed by atoms with E-state index in [0.717, 1.165) is 24.8 Å². The van der Waals surface area contributed by atoms with Crippen molar-refractivity contribution in [1.29, 1.82) is 0 Å². The van der Waals surface area contributed by atoms with Crippen molar-refractivity contribution in [2.24, 2.45) is 5.92 Å². The number of ether oxygens (including phenoxy) is 1. The third kappa shape index (κ3) is 2.30. The molecule has 1 fully saturated rings. The standard InChI is InChI=1S/C21H26O4/c1-12-5-6-15-14(9-12)18-16(22)10-13(11-17(18)25-20(15,2)3)21(19(23)24)7-4-8-21/h5,10-11,14-15,22H,4,6-9H2,1-3H3,(H,23,24)/t14-,15?/m1/s1. The first-order valence-electron chi connectivity index (χ1n) is 9.20. The van der Waals surface area contributed by atoms with Gasteiger partial charge in [0.15, 0.2) is 0 Å². The zero-order valence-corrected chi connectivity index (χ0v) is 15.1. The Labute approximate surface area is 148 Å². The highest BCUT2D eigenvalue weighted by Gasteiger charge is 2.49. The largest absolute Gasteiger partial charge is 0.508 e. The lowest BCUT2D eigenvalue weighted by Crippen LogP contribution is -2.46. The van der Waals surface area contributed by atoms with Crippen molar-refractivity contribution in [2.75, 3.05) is 0 Å². The van der Waals surface area contributed by atoms with Crippen molar-refractivity contribution in [3.05, 3.63) is 34.9 Å². The van der Waals surface area contributed by atoms with Crippen molar-refractivity contribution in [2.45, 2.75) is 69.8 Å². The highest BCUT2D eigenvalue weighted by Crippen LogP contribution is 2.56. The van der Waals surface area contributed by atoms with Crippen LogP contribution in [0.1, 0.15) is 69.9 Å². The summed E-state index contributed by atoms with van der Waals surface area (Å²) in [5, 5.41) is 20.5. The van der Waals surface area contributed by atoms with Crippen LogP contribution in [0.5, 0.6) is 11.5 Å². The van der Waals surface area contributed by atoms with Gasteiger partial charge in [0.2, 0.25) is 0 Å². The monoisotopic (exact) mass is 342 g/mol. The predicted octanol–water partition coefficient (Wildman–Crippen LogP) is 4.51. The Kier molecular flexibility index (Phi) is 3.47. The van der Waals surface area contributed by atoms with E-state index in [1.165, 1.54) is 5.57 Å². The Balaban J connectivity index is 1.84. The molecule has 3 aliphatic rings. The van der Waals surface area contributed by atoms with Gasteiger partial charge in [-0.1, -0.05) is 18.1 Å². The molecule has 4 heteroatoms. The van der Waals surface area contributed by atoms with Crippen LogP contribution in [0.2, 0.25) is 0 Å². The van der Waals surface area contributed by atoms with E-state index in [2.05, 4.69) is 26.8 Å². The van der Waals surface area contributed by atoms with Gasteiger partial charge in [-0.15, -0.1) is 0 Å². The van der Waals surface area contributed by atoms with E-state index in [4.69, 9.17) is 4.74 Å². The van der Waals surface area contributed by atoms with Gasteiger partial charge in [0, 0.05) is 17.4 Å². The molecule has 2 atom stereocenters. The number of aliphatic carboxylic acids is 1. The Morgan fingerprint density at radius 2 is 2.00 bits per heavy atom. The number of fused-ring (bicyclic) bond motifs is 3. The van der Waals surface area contributed by atoms with E-state index in [1.54, 1.807) is 6.07 Å². The Morgan fingerprint density at radius 1 is 1.28 bits per heavy atom. The number of carbonyl (C=O) groups is 1. The molecular formula is C21H26O4. The van der Waals surface area contributed by atoms with Crippen LogP contribution in [-0.4, -0.2) is 21.8 Å². The lowest BCUT2D eigenvalue weighted by atomic mass is 9.63. The highest BCUT2D eigenvalue weighted by molar-refractivity contribution is 5.83. The summed E-state index contributed by atoms with van der Waals surface area (Å²) in [6, 6.07) is 3.56. The minimum atomic E-state index is -0.862. The van der Waals surface area contributed by atoms with E-state index < -0.39 is 11.4 Å². The molecule has 0 aromatic heterocycles. The maximum absolute atomic E-state index is 11.9. The molecule has 0 bridgehead atoms. The van der Waals surface area contributed by atoms with Crippen LogP contribution in [-0.2, 0) is 10.2 Å². The summed E-state index contributed by atoms with van der Waals surface area (Å²) in [7, 11) is 0. The van der Waals surface area contributed by atoms with Crippen LogP contribution in [0.3, 0.4) is 0 Å². The fourth-order valence-electron chi connectivity index (χ4n) is 5.00. The maximum Gasteiger partial charge on any atom is 0.314 e. The first kappa shape index (κ1) is 16.5. The lowest BCUT2D eigenvalue weighted by Gasteiger charge is -2.47. The summed E-state index contributed by atoms with van der Waals surface area (Å²) in [6.45, 7) is 6.34. The summed E-state index contributed by atoms with van der Waals surface area (Å²) in [4.78, 5) is 11.9. The van der Waals surface area contributed by atoms with Crippen LogP contribution >= 0.6 is 0 Å². The zero-order valence-electron chi connectivity index (χ0n) is 15.1. The minimum absolute atomic E-state index is 0.195. The second kappa shape index (κ2) is 5.26. The molecule has 2 N–H and O–H groups in total. The van der Waals surface area contributed by atoms with Crippen molar-refractivity contribution in [3.8, 4) is 11.5 Å². The third-order valence-electron chi connectivity index (χ3n) is 6.67. The zero-order chi connectivity index (χ0) is 18.0. The number of carboxylic acids is 1. The number of allylic oxidation sites excluding steroid dienone is 2. The smallest absolute Gasteiger partial charge is 0.314 e. The van der Waals surface area contributed by atoms with E-state index in [-0.39, 0.29) is 17.3 Å². The second-order valence-electron chi connectivity index (χ2n) is 8.56. The molecule has 1 saturated carbocycles. The van der Waals surface area contributed by atoms with Gasteiger partial charge in [-0.3, -0.25) is 4.79 Å². The van der Waals surface area contributed by atoms with Gasteiger partial charge in [0.1, 0.15) is 17.1 Å². The summed E-state index contributed by atoms with van der Waals surface area (Å²) < 4.78 is 6.31. The molecule has 134 valence electrons. The van der Waals surface area contributed by atoms with Crippen LogP contribution < -0.4 is 4.74 Å². The van der Waals surface area contributed by atoms with E-state index >= 15 is 0 Å². The first-order valence-corrected chi connectivity index (χ1v) is 9.20. The molecule has 4 rings (SSSR count). The number of phenolic OH excluding ortho intramolecular Hbond substituents is 1. The molecule has 0 radical (unpaired) electrons. The number of benzene rings is 1. The molecule has 1 aromatic rings. The molecule has 1 aromatic carbocycles. The topological polar surface area (TPSA) is 66.8 Å². The van der Waals surface area contributed by atoms with Gasteiger partial charge in [0.25, 0.3) is 0 Å². The molecule has 1 heterocycles. The molecule has 0 saturated heterocycles. The normalized spacial score (nSPS) is 28.7. The molecule has 2 aliphatic carbocycles. The van der Waals surface area contributed by atoms with Crippen molar-refractivity contribution in [1.82, 2.24) is 0 Å². The third-order valence-corrected chi connectivity index (χ3v) is 6.67. The van der Waals surface area contributed by atoms with Crippen LogP contribution in [0.4, 0.5) is 0 Å². The molecule has 25 heavy (non-hydrogen) atoms. The fourth-order valence-corrected chi connectivity index (χ4v) is 5.00. The minimum Gasteiger partial charge on any atom is -0.508 e. The van der Waals surface area contributed by atoms with E-state index in [1.807, 2.05) is 6.07 Å². The molecule has 0 amide bonds. The second-order valence-corrected chi connectivity index (χ2v) is 8.56. The summed E-state index contributed by atoms with van der Waals surface area (Å²) >= 11 is 0. The fraction of sp³-hybridized carbons (Fsp3) is 0.571. The van der Waals surface area contributed by atoms with Gasteiger partial charge in [0.05, 0.1) is 5.41 Å². The summed E-state index contributed by atoms with van der Waals surface area (Å²) in [6.07, 6.45) is 6.29. The molecule has 1 unspecified atom stereocenters. The number of rotatable bonds is 2. The average molecular weight is 342 g/mol. The van der Waals surface area contributed by atoms with Crippen LogP contribution in [0.15, 0.2) is 23.8 Å². The summed E-state index contributed by atoms with van der Waals surface area (Å²) in [5.41, 5.74) is 1.68. The summed E-state index contributed by atoms with van der Waals surface area (Å²) in [5.74, 6) is 0.601. The Hall–Kier alpha value is -1.97. The number of hydrogen-bond acceptors (Lipinski definition) is 3. The van der Waals surface area contributed by atoms with Gasteiger partial charge in [-0.2, -0.15) is 0 Å². The highest BCUT2D eigenvalue weighted by atomic mass is 16.5.